The highest BCUT2D eigenvalue weighted by Crippen LogP contribution is 2.31. The Labute approximate surface area is 136 Å². The van der Waals surface area contributed by atoms with Gasteiger partial charge in [0.2, 0.25) is 11.8 Å². The van der Waals surface area contributed by atoms with E-state index in [1.165, 1.54) is 0 Å². The fourth-order valence-electron chi connectivity index (χ4n) is 2.60. The lowest BCUT2D eigenvalue weighted by atomic mass is 10.1. The van der Waals surface area contributed by atoms with Crippen LogP contribution in [0.5, 0.6) is 0 Å². The molecule has 0 bridgehead atoms. The number of halogens is 1. The second-order valence-electron chi connectivity index (χ2n) is 5.22. The molecule has 0 radical (unpaired) electrons. The van der Waals surface area contributed by atoms with Crippen LogP contribution in [0.25, 0.3) is 11.0 Å². The maximum atomic E-state index is 12.4. The number of benzene rings is 1. The van der Waals surface area contributed by atoms with E-state index in [2.05, 4.69) is 14.1 Å². The molecular formula is C14H15ClN4O2S. The molecule has 2 heterocycles. The van der Waals surface area contributed by atoms with Gasteiger partial charge in [0.05, 0.1) is 28.4 Å². The van der Waals surface area contributed by atoms with Crippen molar-refractivity contribution in [2.24, 2.45) is 5.92 Å². The summed E-state index contributed by atoms with van der Waals surface area (Å²) in [5.74, 6) is -0.263. The molecule has 2 aromatic rings. The van der Waals surface area contributed by atoms with Crippen LogP contribution in [0.15, 0.2) is 12.1 Å². The summed E-state index contributed by atoms with van der Waals surface area (Å²) in [4.78, 5) is 25.9. The van der Waals surface area contributed by atoms with E-state index < -0.39 is 0 Å². The van der Waals surface area contributed by atoms with Crippen LogP contribution in [-0.4, -0.2) is 38.6 Å². The summed E-state index contributed by atoms with van der Waals surface area (Å²) in [6.07, 6.45) is 1.13. The van der Waals surface area contributed by atoms with Crippen LogP contribution in [0, 0.1) is 5.92 Å². The van der Waals surface area contributed by atoms with Gasteiger partial charge in [-0.25, -0.2) is 0 Å². The smallest absolute Gasteiger partial charge is 0.229 e. The Morgan fingerprint density at radius 2 is 2.27 bits per heavy atom. The first-order chi connectivity index (χ1) is 10.6. The fourth-order valence-corrected chi connectivity index (χ4v) is 3.34. The Morgan fingerprint density at radius 3 is 3.05 bits per heavy atom. The Morgan fingerprint density at radius 1 is 1.45 bits per heavy atom. The third-order valence-corrected chi connectivity index (χ3v) is 4.70. The van der Waals surface area contributed by atoms with Crippen molar-refractivity contribution in [2.45, 2.75) is 19.8 Å². The third-order valence-electron chi connectivity index (χ3n) is 3.84. The average Bonchev–Trinajstić information content (AvgIpc) is 3.17. The predicted octanol–water partition coefficient (Wildman–Crippen LogP) is 2.54. The van der Waals surface area contributed by atoms with Crippen LogP contribution in [-0.2, 0) is 9.59 Å². The van der Waals surface area contributed by atoms with Gasteiger partial charge in [-0.1, -0.05) is 18.5 Å². The molecule has 1 N–H and O–H groups in total. The van der Waals surface area contributed by atoms with E-state index in [9.17, 15) is 9.59 Å². The van der Waals surface area contributed by atoms with Gasteiger partial charge in [-0.2, -0.15) is 8.75 Å². The molecule has 1 atom stereocenters. The molecule has 1 aromatic heterocycles. The van der Waals surface area contributed by atoms with E-state index in [1.54, 1.807) is 17.0 Å². The van der Waals surface area contributed by atoms with Crippen LogP contribution < -0.4 is 5.32 Å². The SMILES string of the molecule is CCC(=O)N1CC[C@@H](C(=O)Nc2c(Cl)ccc3nsnc23)C1. The first-order valence-electron chi connectivity index (χ1n) is 7.09. The van der Waals surface area contributed by atoms with Crippen molar-refractivity contribution in [1.29, 1.82) is 0 Å². The van der Waals surface area contributed by atoms with E-state index in [1.807, 2.05) is 6.92 Å². The van der Waals surface area contributed by atoms with Crippen LogP contribution in [0.2, 0.25) is 5.02 Å². The highest BCUT2D eigenvalue weighted by Gasteiger charge is 2.31. The van der Waals surface area contributed by atoms with Crippen molar-refractivity contribution < 1.29 is 9.59 Å². The van der Waals surface area contributed by atoms with Crippen LogP contribution in [0.1, 0.15) is 19.8 Å². The Hall–Kier alpha value is -1.73. The van der Waals surface area contributed by atoms with Crippen LogP contribution >= 0.6 is 23.3 Å². The zero-order valence-corrected chi connectivity index (χ0v) is 13.6. The van der Waals surface area contributed by atoms with Crippen molar-refractivity contribution in [3.63, 3.8) is 0 Å². The number of amides is 2. The van der Waals surface area contributed by atoms with Crippen molar-refractivity contribution in [2.75, 3.05) is 18.4 Å². The molecular weight excluding hydrogens is 324 g/mol. The van der Waals surface area contributed by atoms with Crippen molar-refractivity contribution in [1.82, 2.24) is 13.6 Å². The highest BCUT2D eigenvalue weighted by molar-refractivity contribution is 7.00. The minimum Gasteiger partial charge on any atom is -0.342 e. The van der Waals surface area contributed by atoms with Gasteiger partial charge in [-0.05, 0) is 18.6 Å². The van der Waals surface area contributed by atoms with E-state index in [4.69, 9.17) is 11.6 Å². The summed E-state index contributed by atoms with van der Waals surface area (Å²) in [5.41, 5.74) is 1.81. The molecule has 2 amide bonds. The topological polar surface area (TPSA) is 75.2 Å². The summed E-state index contributed by atoms with van der Waals surface area (Å²) in [6.45, 7) is 2.91. The number of likely N-dealkylation sites (tertiary alicyclic amines) is 1. The van der Waals surface area contributed by atoms with E-state index in [0.717, 1.165) is 11.7 Å². The zero-order chi connectivity index (χ0) is 15.7. The molecule has 22 heavy (non-hydrogen) atoms. The third kappa shape index (κ3) is 2.78. The summed E-state index contributed by atoms with van der Waals surface area (Å²) in [5, 5.41) is 3.29. The normalized spacial score (nSPS) is 17.9. The standard InChI is InChI=1S/C14H15ClN4O2S/c1-2-11(20)19-6-5-8(7-19)14(21)16-12-9(15)3-4-10-13(12)18-22-17-10/h3-4,8H,2,5-7H2,1H3,(H,16,21)/t8-/m1/s1. The molecule has 0 aliphatic carbocycles. The van der Waals surface area contributed by atoms with Crippen molar-refractivity contribution in [3.05, 3.63) is 17.2 Å². The fraction of sp³-hybridized carbons (Fsp3) is 0.429. The molecule has 3 rings (SSSR count). The lowest BCUT2D eigenvalue weighted by Crippen LogP contribution is -2.31. The van der Waals surface area contributed by atoms with Crippen molar-refractivity contribution in [3.8, 4) is 0 Å². The Balaban J connectivity index is 1.75. The molecule has 116 valence electrons. The maximum Gasteiger partial charge on any atom is 0.229 e. The first kappa shape index (κ1) is 15.2. The second-order valence-corrected chi connectivity index (χ2v) is 6.16. The van der Waals surface area contributed by atoms with Crippen molar-refractivity contribution >= 4 is 51.9 Å². The molecule has 0 saturated carbocycles. The second kappa shape index (κ2) is 6.18. The number of nitrogens with one attached hydrogen (secondary N) is 1. The number of carbonyl (C=O) groups excluding carboxylic acids is 2. The van der Waals surface area contributed by atoms with Gasteiger partial charge in [-0.15, -0.1) is 0 Å². The molecule has 1 aromatic carbocycles. The van der Waals surface area contributed by atoms with Gasteiger partial charge in [-0.3, -0.25) is 9.59 Å². The largest absolute Gasteiger partial charge is 0.342 e. The molecule has 0 unspecified atom stereocenters. The van der Waals surface area contributed by atoms with E-state index >= 15 is 0 Å². The number of hydrogen-bond acceptors (Lipinski definition) is 5. The summed E-state index contributed by atoms with van der Waals surface area (Å²) < 4.78 is 8.32. The lowest BCUT2D eigenvalue weighted by Gasteiger charge is -2.15. The summed E-state index contributed by atoms with van der Waals surface area (Å²) in [6, 6.07) is 3.47. The molecule has 0 spiro atoms. The minimum atomic E-state index is -0.214. The summed E-state index contributed by atoms with van der Waals surface area (Å²) in [7, 11) is 0. The summed E-state index contributed by atoms with van der Waals surface area (Å²) >= 11 is 7.25. The maximum absolute atomic E-state index is 12.4. The number of carbonyl (C=O) groups is 2. The Kier molecular flexibility index (Phi) is 4.26. The van der Waals surface area contributed by atoms with Gasteiger partial charge < -0.3 is 10.2 Å². The number of rotatable bonds is 3. The monoisotopic (exact) mass is 338 g/mol. The lowest BCUT2D eigenvalue weighted by molar-refractivity contribution is -0.130. The van der Waals surface area contributed by atoms with Gasteiger partial charge in [0.25, 0.3) is 0 Å². The minimum absolute atomic E-state index is 0.0825. The highest BCUT2D eigenvalue weighted by atomic mass is 35.5. The predicted molar refractivity (Wildman–Crippen MR) is 86.0 cm³/mol. The van der Waals surface area contributed by atoms with Gasteiger partial charge >= 0.3 is 0 Å². The number of hydrogen-bond donors (Lipinski definition) is 1. The molecule has 6 nitrogen and oxygen atoms in total. The number of aromatic nitrogens is 2. The molecule has 1 fully saturated rings. The zero-order valence-electron chi connectivity index (χ0n) is 12.0. The molecule has 8 heteroatoms. The number of anilines is 1. The molecule has 1 aliphatic heterocycles. The molecule has 1 saturated heterocycles. The molecule has 1 aliphatic rings. The van der Waals surface area contributed by atoms with Gasteiger partial charge in [0.15, 0.2) is 0 Å². The van der Waals surface area contributed by atoms with E-state index in [0.29, 0.717) is 47.7 Å². The first-order valence-corrected chi connectivity index (χ1v) is 8.20. The number of nitrogens with zero attached hydrogens (tertiary/aromatic N) is 3. The average molecular weight is 339 g/mol. The van der Waals surface area contributed by atoms with Crippen LogP contribution in [0.3, 0.4) is 0 Å². The Bertz CT molecular complexity index is 733. The number of fused-ring (bicyclic) bond motifs is 1. The van der Waals surface area contributed by atoms with Crippen LogP contribution in [0.4, 0.5) is 5.69 Å². The van der Waals surface area contributed by atoms with E-state index in [-0.39, 0.29) is 17.7 Å². The van der Waals surface area contributed by atoms with Gasteiger partial charge in [0, 0.05) is 19.5 Å². The quantitative estimate of drug-likeness (QED) is 0.933. The van der Waals surface area contributed by atoms with Gasteiger partial charge in [0.1, 0.15) is 11.0 Å².